The summed E-state index contributed by atoms with van der Waals surface area (Å²) in [6.07, 6.45) is 4.40. The van der Waals surface area contributed by atoms with Crippen LogP contribution in [0.5, 0.6) is 0 Å². The molecule has 174 valence electrons. The van der Waals surface area contributed by atoms with Crippen molar-refractivity contribution in [2.24, 2.45) is 0 Å². The molecule has 1 amide bonds. The van der Waals surface area contributed by atoms with E-state index in [0.717, 1.165) is 67.0 Å². The van der Waals surface area contributed by atoms with Gasteiger partial charge in [-0.25, -0.2) is 14.6 Å². The van der Waals surface area contributed by atoms with Crippen LogP contribution in [0, 0.1) is 0 Å². The predicted molar refractivity (Wildman–Crippen MR) is 125 cm³/mol. The summed E-state index contributed by atoms with van der Waals surface area (Å²) < 4.78 is 7.41. The molecule has 0 aliphatic carbocycles. The Morgan fingerprint density at radius 2 is 1.91 bits per heavy atom. The van der Waals surface area contributed by atoms with Crippen molar-refractivity contribution < 1.29 is 14.3 Å². The van der Waals surface area contributed by atoms with Crippen LogP contribution >= 0.6 is 0 Å². The van der Waals surface area contributed by atoms with E-state index in [1.54, 1.807) is 18.2 Å². The minimum atomic E-state index is -0.332. The van der Waals surface area contributed by atoms with E-state index in [-0.39, 0.29) is 29.1 Å². The van der Waals surface area contributed by atoms with E-state index in [9.17, 15) is 9.59 Å². The molecular weight excluding hydrogens is 420 g/mol. The molecule has 2 N–H and O–H groups in total. The number of rotatable bonds is 8. The van der Waals surface area contributed by atoms with Crippen molar-refractivity contribution in [3.05, 3.63) is 47.0 Å². The third-order valence-electron chi connectivity index (χ3n) is 5.94. The Morgan fingerprint density at radius 1 is 1.15 bits per heavy atom. The second kappa shape index (κ2) is 10.1. The lowest BCUT2D eigenvalue weighted by Gasteiger charge is -2.26. The number of hydrogen-bond acceptors (Lipinski definition) is 7. The maximum atomic E-state index is 12.8. The summed E-state index contributed by atoms with van der Waals surface area (Å²) in [7, 11) is 0. The molecular formula is C24H30N6O3. The lowest BCUT2D eigenvalue weighted by Crippen LogP contribution is -2.30. The number of pyridine rings is 2. The van der Waals surface area contributed by atoms with Crippen LogP contribution in [0.2, 0.25) is 0 Å². The molecule has 0 bridgehead atoms. The number of nitrogens with zero attached hydrogens (tertiary/aromatic N) is 4. The van der Waals surface area contributed by atoms with E-state index in [2.05, 4.69) is 27.6 Å². The van der Waals surface area contributed by atoms with E-state index in [4.69, 9.17) is 9.72 Å². The fraction of sp³-hybridized carbons (Fsp3) is 0.458. The minimum Gasteiger partial charge on any atom is -0.381 e. The summed E-state index contributed by atoms with van der Waals surface area (Å²) in [5, 5.41) is 12.1. The topological polar surface area (TPSA) is 111 Å². The molecule has 4 heterocycles. The number of anilines is 1. The van der Waals surface area contributed by atoms with E-state index in [0.29, 0.717) is 6.54 Å². The van der Waals surface area contributed by atoms with Crippen molar-refractivity contribution in [1.82, 2.24) is 25.1 Å². The van der Waals surface area contributed by atoms with Crippen LogP contribution in [-0.2, 0) is 24.2 Å². The Kier molecular flexibility index (Phi) is 6.98. The first kappa shape index (κ1) is 22.8. The maximum absolute atomic E-state index is 12.8. The largest absolute Gasteiger partial charge is 0.381 e. The number of carbonyl (C=O) groups is 2. The Hall–Kier alpha value is -3.33. The number of amides is 1. The lowest BCUT2D eigenvalue weighted by molar-refractivity contribution is 0.0904. The number of carbonyl (C=O) groups excluding carboxylic acids is 2. The molecule has 0 atom stereocenters. The standard InChI is InChI=1S/C24H30N6O3/c1-4-19-17(13-25-24(32)21-8-6-7-20(28-21)15(3)31)22(27-16-9-11-33-12-10-16)18-14-26-30(5-2)23(18)29-19/h6-8,14,16H,4-5,9-13H2,1-3H3,(H,25,32)(H,27,29). The van der Waals surface area contributed by atoms with Gasteiger partial charge in [0.05, 0.1) is 17.3 Å². The van der Waals surface area contributed by atoms with Crippen LogP contribution in [0.3, 0.4) is 0 Å². The summed E-state index contributed by atoms with van der Waals surface area (Å²) in [6, 6.07) is 5.16. The highest BCUT2D eigenvalue weighted by atomic mass is 16.5. The summed E-state index contributed by atoms with van der Waals surface area (Å²) in [6.45, 7) is 8.01. The number of nitrogens with one attached hydrogen (secondary N) is 2. The molecule has 4 rings (SSSR count). The Morgan fingerprint density at radius 3 is 2.61 bits per heavy atom. The Balaban J connectivity index is 1.67. The van der Waals surface area contributed by atoms with Gasteiger partial charge in [0, 0.05) is 50.5 Å². The maximum Gasteiger partial charge on any atom is 0.270 e. The summed E-state index contributed by atoms with van der Waals surface area (Å²) >= 11 is 0. The first-order valence-electron chi connectivity index (χ1n) is 11.5. The molecule has 0 saturated carbocycles. The van der Waals surface area contributed by atoms with Gasteiger partial charge in [0.25, 0.3) is 5.91 Å². The van der Waals surface area contributed by atoms with Gasteiger partial charge in [-0.1, -0.05) is 13.0 Å². The normalized spacial score (nSPS) is 14.4. The van der Waals surface area contributed by atoms with Gasteiger partial charge in [0.1, 0.15) is 11.4 Å². The van der Waals surface area contributed by atoms with E-state index >= 15 is 0 Å². The molecule has 1 saturated heterocycles. The zero-order valence-corrected chi connectivity index (χ0v) is 19.4. The number of Topliss-reactive ketones (excluding diaryl/α,β-unsaturated/α-hetero) is 1. The van der Waals surface area contributed by atoms with Gasteiger partial charge in [0.15, 0.2) is 11.4 Å². The number of ketones is 1. The van der Waals surface area contributed by atoms with Crippen molar-refractivity contribution in [2.45, 2.75) is 59.2 Å². The van der Waals surface area contributed by atoms with Gasteiger partial charge in [-0.3, -0.25) is 9.59 Å². The Labute approximate surface area is 192 Å². The van der Waals surface area contributed by atoms with Crippen molar-refractivity contribution in [3.63, 3.8) is 0 Å². The minimum absolute atomic E-state index is 0.177. The first-order chi connectivity index (χ1) is 16.0. The highest BCUT2D eigenvalue weighted by Crippen LogP contribution is 2.31. The molecule has 0 aromatic carbocycles. The number of aryl methyl sites for hydroxylation is 2. The molecule has 1 fully saturated rings. The van der Waals surface area contributed by atoms with Gasteiger partial charge < -0.3 is 15.4 Å². The van der Waals surface area contributed by atoms with Gasteiger partial charge in [0.2, 0.25) is 0 Å². The van der Waals surface area contributed by atoms with Crippen LogP contribution in [-0.4, -0.2) is 50.7 Å². The molecule has 3 aromatic heterocycles. The molecule has 1 aliphatic rings. The van der Waals surface area contributed by atoms with Gasteiger partial charge in [-0.15, -0.1) is 0 Å². The van der Waals surface area contributed by atoms with Crippen molar-refractivity contribution in [3.8, 4) is 0 Å². The summed E-state index contributed by atoms with van der Waals surface area (Å²) in [4.78, 5) is 33.6. The molecule has 9 nitrogen and oxygen atoms in total. The lowest BCUT2D eigenvalue weighted by atomic mass is 10.0. The van der Waals surface area contributed by atoms with Gasteiger partial charge in [-0.05, 0) is 38.3 Å². The van der Waals surface area contributed by atoms with Crippen molar-refractivity contribution in [2.75, 3.05) is 18.5 Å². The zero-order valence-electron chi connectivity index (χ0n) is 19.4. The molecule has 9 heteroatoms. The van der Waals surface area contributed by atoms with Crippen LogP contribution in [0.4, 0.5) is 5.69 Å². The molecule has 0 radical (unpaired) electrons. The first-order valence-corrected chi connectivity index (χ1v) is 11.5. The fourth-order valence-electron chi connectivity index (χ4n) is 4.12. The summed E-state index contributed by atoms with van der Waals surface area (Å²) in [5.41, 5.74) is 4.16. The second-order valence-corrected chi connectivity index (χ2v) is 8.14. The quantitative estimate of drug-likeness (QED) is 0.507. The molecule has 3 aromatic rings. The van der Waals surface area contributed by atoms with Crippen LogP contribution < -0.4 is 10.6 Å². The van der Waals surface area contributed by atoms with Crippen molar-refractivity contribution in [1.29, 1.82) is 0 Å². The average Bonchev–Trinajstić information content (AvgIpc) is 3.26. The number of fused-ring (bicyclic) bond motifs is 1. The molecule has 33 heavy (non-hydrogen) atoms. The average molecular weight is 451 g/mol. The SMILES string of the molecule is CCc1nc2c(cnn2CC)c(NC2CCOCC2)c1CNC(=O)c1cccc(C(C)=O)n1. The number of aromatic nitrogens is 4. The predicted octanol–water partition coefficient (Wildman–Crippen LogP) is 3.13. The monoisotopic (exact) mass is 450 g/mol. The Bertz CT molecular complexity index is 1170. The van der Waals surface area contributed by atoms with Gasteiger partial charge in [-0.2, -0.15) is 5.10 Å². The molecule has 1 aliphatic heterocycles. The third-order valence-corrected chi connectivity index (χ3v) is 5.94. The van der Waals surface area contributed by atoms with Gasteiger partial charge >= 0.3 is 0 Å². The van der Waals surface area contributed by atoms with E-state index in [1.807, 2.05) is 17.8 Å². The highest BCUT2D eigenvalue weighted by molar-refractivity contribution is 5.96. The van der Waals surface area contributed by atoms with Crippen molar-refractivity contribution >= 4 is 28.4 Å². The zero-order chi connectivity index (χ0) is 23.4. The number of hydrogen-bond donors (Lipinski definition) is 2. The smallest absolute Gasteiger partial charge is 0.270 e. The van der Waals surface area contributed by atoms with Crippen LogP contribution in [0.15, 0.2) is 24.4 Å². The summed E-state index contributed by atoms with van der Waals surface area (Å²) in [5.74, 6) is -0.509. The van der Waals surface area contributed by atoms with E-state index < -0.39 is 0 Å². The highest BCUT2D eigenvalue weighted by Gasteiger charge is 2.22. The molecule has 0 unspecified atom stereocenters. The van der Waals surface area contributed by atoms with Crippen LogP contribution in [0.1, 0.15) is 65.8 Å². The second-order valence-electron chi connectivity index (χ2n) is 8.14. The fourth-order valence-corrected chi connectivity index (χ4v) is 4.12. The number of ether oxygens (including phenoxy) is 1. The third kappa shape index (κ3) is 4.88. The van der Waals surface area contributed by atoms with Crippen LogP contribution in [0.25, 0.3) is 11.0 Å². The van der Waals surface area contributed by atoms with E-state index in [1.165, 1.54) is 6.92 Å². The molecule has 0 spiro atoms.